The lowest BCUT2D eigenvalue weighted by Crippen LogP contribution is -2.40. The van der Waals surface area contributed by atoms with E-state index in [-0.39, 0.29) is 5.92 Å². The van der Waals surface area contributed by atoms with Crippen LogP contribution in [0.3, 0.4) is 0 Å². The van der Waals surface area contributed by atoms with Crippen molar-refractivity contribution in [2.45, 2.75) is 5.92 Å². The van der Waals surface area contributed by atoms with Crippen LogP contribution in [0.15, 0.2) is 103 Å². The van der Waals surface area contributed by atoms with E-state index in [4.69, 9.17) is 12.2 Å². The van der Waals surface area contributed by atoms with Gasteiger partial charge in [-0.3, -0.25) is 10.9 Å². The smallest absolute Gasteiger partial charge is 0.185 e. The fourth-order valence-corrected chi connectivity index (χ4v) is 5.04. The third-order valence-electron chi connectivity index (χ3n) is 5.53. The van der Waals surface area contributed by atoms with Crippen LogP contribution in [0.1, 0.15) is 17.0 Å². The molecule has 7 heteroatoms. The number of rotatable bonds is 7. The summed E-state index contributed by atoms with van der Waals surface area (Å²) in [6, 6.07) is 33.3. The minimum Gasteiger partial charge on any atom is -0.360 e. The van der Waals surface area contributed by atoms with Crippen LogP contribution in [-0.4, -0.2) is 21.6 Å². The zero-order valence-corrected chi connectivity index (χ0v) is 19.9. The van der Waals surface area contributed by atoms with E-state index in [0.29, 0.717) is 17.5 Å². The average molecular weight is 482 g/mol. The topological polar surface area (TPSA) is 61.9 Å². The molecule has 0 aliphatic rings. The summed E-state index contributed by atoms with van der Waals surface area (Å²) < 4.78 is 0.975. The van der Waals surface area contributed by atoms with Gasteiger partial charge in [0.15, 0.2) is 10.9 Å². The Balaban J connectivity index is 1.26. The summed E-state index contributed by atoms with van der Waals surface area (Å²) in [4.78, 5) is 9.99. The van der Waals surface area contributed by atoms with Crippen molar-refractivity contribution in [1.82, 2.24) is 20.7 Å². The van der Waals surface area contributed by atoms with Gasteiger partial charge in [0.2, 0.25) is 0 Å². The molecule has 0 saturated heterocycles. The zero-order chi connectivity index (χ0) is 23.2. The van der Waals surface area contributed by atoms with Crippen molar-refractivity contribution in [3.8, 4) is 10.4 Å². The SMILES string of the molecule is S=C(NCC(c1ccccc1)c1ccccc1)NNc1ncnc2cc(-c3ccccc3)sc12. The molecule has 5 nitrogen and oxygen atoms in total. The second-order valence-electron chi connectivity index (χ2n) is 7.75. The average Bonchev–Trinajstić information content (AvgIpc) is 3.35. The third kappa shape index (κ3) is 5.06. The first-order valence-electron chi connectivity index (χ1n) is 11.0. The molecule has 0 unspecified atom stereocenters. The van der Waals surface area contributed by atoms with Gasteiger partial charge in [-0.25, -0.2) is 9.97 Å². The number of thiophene rings is 1. The Hall–Kier alpha value is -3.81. The van der Waals surface area contributed by atoms with Gasteiger partial charge < -0.3 is 5.32 Å². The van der Waals surface area contributed by atoms with Crippen molar-refractivity contribution in [2.75, 3.05) is 12.0 Å². The molecule has 5 aromatic rings. The normalized spacial score (nSPS) is 10.9. The van der Waals surface area contributed by atoms with E-state index in [1.807, 2.05) is 30.3 Å². The molecule has 5 rings (SSSR count). The maximum Gasteiger partial charge on any atom is 0.185 e. The Bertz CT molecular complexity index is 1330. The van der Waals surface area contributed by atoms with Crippen molar-refractivity contribution >= 4 is 44.7 Å². The molecule has 0 fully saturated rings. The van der Waals surface area contributed by atoms with E-state index in [1.165, 1.54) is 11.1 Å². The summed E-state index contributed by atoms with van der Waals surface area (Å²) in [5, 5.41) is 3.85. The maximum atomic E-state index is 5.55. The van der Waals surface area contributed by atoms with Crippen LogP contribution in [0.4, 0.5) is 5.82 Å². The van der Waals surface area contributed by atoms with Gasteiger partial charge >= 0.3 is 0 Å². The predicted molar refractivity (Wildman–Crippen MR) is 145 cm³/mol. The van der Waals surface area contributed by atoms with E-state index in [2.05, 4.69) is 92.9 Å². The van der Waals surface area contributed by atoms with Crippen molar-refractivity contribution in [3.05, 3.63) is 115 Å². The number of thiocarbonyl (C=S) groups is 1. The molecule has 168 valence electrons. The number of hydrazine groups is 1. The van der Waals surface area contributed by atoms with E-state index >= 15 is 0 Å². The lowest BCUT2D eigenvalue weighted by Gasteiger charge is -2.20. The highest BCUT2D eigenvalue weighted by Crippen LogP contribution is 2.35. The van der Waals surface area contributed by atoms with Gasteiger partial charge in [0.1, 0.15) is 6.33 Å². The molecular formula is C27H23N5S2. The molecule has 34 heavy (non-hydrogen) atoms. The number of benzene rings is 3. The first-order chi connectivity index (χ1) is 16.8. The second-order valence-corrected chi connectivity index (χ2v) is 9.21. The molecule has 3 aromatic carbocycles. The Morgan fingerprint density at radius 1 is 0.824 bits per heavy atom. The van der Waals surface area contributed by atoms with Gasteiger partial charge in [-0.2, -0.15) is 0 Å². The van der Waals surface area contributed by atoms with Crippen molar-refractivity contribution in [3.63, 3.8) is 0 Å². The highest BCUT2D eigenvalue weighted by atomic mass is 32.1. The van der Waals surface area contributed by atoms with Gasteiger partial charge in [-0.1, -0.05) is 91.0 Å². The standard InChI is InChI=1S/C27H23N5S2/c33-27(28-17-22(19-10-4-1-5-11-19)20-12-6-2-7-13-20)32-31-26-25-23(29-18-30-26)16-24(34-25)21-14-8-3-9-15-21/h1-16,18,22H,17H2,(H2,28,32,33)(H,29,30,31). The number of nitrogens with zero attached hydrogens (tertiary/aromatic N) is 2. The Morgan fingerprint density at radius 3 is 2.09 bits per heavy atom. The second kappa shape index (κ2) is 10.4. The van der Waals surface area contributed by atoms with Crippen LogP contribution in [0.5, 0.6) is 0 Å². The van der Waals surface area contributed by atoms with Crippen LogP contribution in [-0.2, 0) is 0 Å². The largest absolute Gasteiger partial charge is 0.360 e. The van der Waals surface area contributed by atoms with Gasteiger partial charge in [0, 0.05) is 17.3 Å². The summed E-state index contributed by atoms with van der Waals surface area (Å²) in [6.07, 6.45) is 1.56. The lowest BCUT2D eigenvalue weighted by atomic mass is 9.91. The zero-order valence-electron chi connectivity index (χ0n) is 18.3. The van der Waals surface area contributed by atoms with Gasteiger partial charge in [-0.05, 0) is 35.0 Å². The number of nitrogens with one attached hydrogen (secondary N) is 3. The summed E-state index contributed by atoms with van der Waals surface area (Å²) in [5.41, 5.74) is 10.8. The van der Waals surface area contributed by atoms with Crippen LogP contribution in [0, 0.1) is 0 Å². The van der Waals surface area contributed by atoms with Gasteiger partial charge in [-0.15, -0.1) is 11.3 Å². The number of fused-ring (bicyclic) bond motifs is 1. The highest BCUT2D eigenvalue weighted by molar-refractivity contribution is 7.80. The van der Waals surface area contributed by atoms with Crippen LogP contribution >= 0.6 is 23.6 Å². The van der Waals surface area contributed by atoms with Gasteiger partial charge in [0.25, 0.3) is 0 Å². The molecule has 0 radical (unpaired) electrons. The first-order valence-corrected chi connectivity index (χ1v) is 12.2. The summed E-state index contributed by atoms with van der Waals surface area (Å²) in [6.45, 7) is 0.665. The van der Waals surface area contributed by atoms with Crippen molar-refractivity contribution in [2.24, 2.45) is 0 Å². The minimum atomic E-state index is 0.179. The molecule has 2 heterocycles. The third-order valence-corrected chi connectivity index (χ3v) is 6.96. The van der Waals surface area contributed by atoms with Crippen molar-refractivity contribution in [1.29, 1.82) is 0 Å². The predicted octanol–water partition coefficient (Wildman–Crippen LogP) is 5.98. The number of aromatic nitrogens is 2. The fraction of sp³-hybridized carbons (Fsp3) is 0.0741. The number of hydrogen-bond donors (Lipinski definition) is 3. The molecule has 0 aliphatic carbocycles. The van der Waals surface area contributed by atoms with Crippen molar-refractivity contribution < 1.29 is 0 Å². The number of anilines is 1. The molecule has 0 spiro atoms. The molecule has 0 amide bonds. The quantitative estimate of drug-likeness (QED) is 0.196. The molecule has 0 bridgehead atoms. The molecule has 3 N–H and O–H groups in total. The molecule has 0 saturated carbocycles. The summed E-state index contributed by atoms with van der Waals surface area (Å²) in [7, 11) is 0. The van der Waals surface area contributed by atoms with E-state index in [9.17, 15) is 0 Å². The Morgan fingerprint density at radius 2 is 1.44 bits per heavy atom. The van der Waals surface area contributed by atoms with E-state index < -0.39 is 0 Å². The Kier molecular flexibility index (Phi) is 6.74. The molecule has 2 aromatic heterocycles. The Labute approximate surface area is 207 Å². The van der Waals surface area contributed by atoms with Crippen LogP contribution < -0.4 is 16.2 Å². The summed E-state index contributed by atoms with van der Waals surface area (Å²) in [5.74, 6) is 0.877. The summed E-state index contributed by atoms with van der Waals surface area (Å²) >= 11 is 7.20. The first kappa shape index (κ1) is 22.0. The maximum absolute atomic E-state index is 5.55. The van der Waals surface area contributed by atoms with E-state index in [0.717, 1.165) is 20.7 Å². The highest BCUT2D eigenvalue weighted by Gasteiger charge is 2.15. The molecular weight excluding hydrogens is 458 g/mol. The monoisotopic (exact) mass is 481 g/mol. The lowest BCUT2D eigenvalue weighted by molar-refractivity contribution is 0.749. The minimum absolute atomic E-state index is 0.179. The fourth-order valence-electron chi connectivity index (χ4n) is 3.84. The van der Waals surface area contributed by atoms with E-state index in [1.54, 1.807) is 17.7 Å². The molecule has 0 aliphatic heterocycles. The molecule has 0 atom stereocenters. The van der Waals surface area contributed by atoms with Crippen LogP contribution in [0.2, 0.25) is 0 Å². The van der Waals surface area contributed by atoms with Crippen LogP contribution in [0.25, 0.3) is 20.7 Å². The number of hydrogen-bond acceptors (Lipinski definition) is 5. The van der Waals surface area contributed by atoms with Gasteiger partial charge in [0.05, 0.1) is 10.2 Å².